The molecule has 0 aliphatic heterocycles. The number of unbranched alkanes of at least 4 members (excludes halogenated alkanes) is 6. The summed E-state index contributed by atoms with van der Waals surface area (Å²) in [5.41, 5.74) is 19.2. The van der Waals surface area contributed by atoms with Crippen LogP contribution in [0.2, 0.25) is 0 Å². The van der Waals surface area contributed by atoms with Crippen LogP contribution in [0.5, 0.6) is 11.5 Å². The van der Waals surface area contributed by atoms with E-state index in [1.54, 1.807) is 0 Å². The fourth-order valence-electron chi connectivity index (χ4n) is 5.54. The quantitative estimate of drug-likeness (QED) is 0.0202. The van der Waals surface area contributed by atoms with Gasteiger partial charge in [0, 0.05) is 50.5 Å². The van der Waals surface area contributed by atoms with Gasteiger partial charge in [-0.3, -0.25) is 30.0 Å². The first kappa shape index (κ1) is 51.1. The van der Waals surface area contributed by atoms with Gasteiger partial charge in [0.25, 0.3) is 0 Å². The lowest BCUT2D eigenvalue weighted by atomic mass is 10.1. The number of rotatable bonds is 35. The van der Waals surface area contributed by atoms with Crippen molar-refractivity contribution in [1.29, 1.82) is 10.8 Å². The van der Waals surface area contributed by atoms with Gasteiger partial charge in [-0.25, -0.2) is 0 Å². The van der Waals surface area contributed by atoms with Crippen LogP contribution in [-0.4, -0.2) is 100 Å². The van der Waals surface area contributed by atoms with Crippen molar-refractivity contribution in [3.63, 3.8) is 0 Å². The summed E-state index contributed by atoms with van der Waals surface area (Å²) in [6, 6.07) is 2.48. The molecule has 0 saturated carbocycles. The highest BCUT2D eigenvalue weighted by atomic mass is 32.1. The Kier molecular flexibility index (Phi) is 29.6. The summed E-state index contributed by atoms with van der Waals surface area (Å²) >= 11 is 8.87. The maximum atomic E-state index is 12.6. The van der Waals surface area contributed by atoms with E-state index in [0.717, 1.165) is 62.4 Å². The molecule has 0 aliphatic rings. The highest BCUT2D eigenvalue weighted by Crippen LogP contribution is 2.32. The number of amides is 4. The van der Waals surface area contributed by atoms with E-state index < -0.39 is 12.1 Å². The van der Waals surface area contributed by atoms with Crippen molar-refractivity contribution in [1.82, 2.24) is 31.9 Å². The van der Waals surface area contributed by atoms with Crippen LogP contribution in [0.1, 0.15) is 101 Å². The van der Waals surface area contributed by atoms with E-state index in [4.69, 9.17) is 37.5 Å². The number of hydrogen-bond acceptors (Lipinski definition) is 12. The van der Waals surface area contributed by atoms with Crippen LogP contribution in [0.25, 0.3) is 0 Å². The van der Waals surface area contributed by atoms with Crippen molar-refractivity contribution < 1.29 is 28.7 Å². The van der Waals surface area contributed by atoms with E-state index in [-0.39, 0.29) is 49.3 Å². The summed E-state index contributed by atoms with van der Waals surface area (Å²) in [6.45, 7) is 3.29. The lowest BCUT2D eigenvalue weighted by Gasteiger charge is -2.17. The minimum Gasteiger partial charge on any atom is -0.488 e. The summed E-state index contributed by atoms with van der Waals surface area (Å²) in [5, 5.41) is 31.0. The van der Waals surface area contributed by atoms with E-state index in [9.17, 15) is 19.2 Å². The number of thiol groups is 2. The molecule has 1 aromatic carbocycles. The van der Waals surface area contributed by atoms with Gasteiger partial charge < -0.3 is 58.6 Å². The van der Waals surface area contributed by atoms with Gasteiger partial charge in [-0.05, 0) is 87.5 Å². The fraction of sp³-hybridized carbons (Fsp3) is 0.684. The monoisotopic (exact) mass is 839 g/mol. The molecule has 1 aromatic rings. The summed E-state index contributed by atoms with van der Waals surface area (Å²) in [5.74, 6) is 1.36. The summed E-state index contributed by atoms with van der Waals surface area (Å²) in [4.78, 5) is 49.1. The normalized spacial score (nSPS) is 11.8. The maximum absolute atomic E-state index is 12.6. The van der Waals surface area contributed by atoms with Crippen LogP contribution >= 0.6 is 25.3 Å². The van der Waals surface area contributed by atoms with Crippen LogP contribution < -0.4 is 58.6 Å². The first-order valence-corrected chi connectivity index (χ1v) is 21.3. The zero-order chi connectivity index (χ0) is 42.1. The molecule has 0 heterocycles. The second-order valence-corrected chi connectivity index (χ2v) is 14.3. The minimum atomic E-state index is -0.677. The average Bonchev–Trinajstić information content (AvgIpc) is 3.19. The van der Waals surface area contributed by atoms with Gasteiger partial charge >= 0.3 is 0 Å². The Morgan fingerprint density at radius 3 is 1.53 bits per heavy atom. The molecule has 0 radical (unpaired) electrons. The Labute approximate surface area is 349 Å². The van der Waals surface area contributed by atoms with Crippen LogP contribution in [0.15, 0.2) is 12.1 Å². The molecule has 0 aliphatic carbocycles. The molecule has 0 bridgehead atoms. The van der Waals surface area contributed by atoms with Gasteiger partial charge in [0.15, 0.2) is 17.5 Å². The van der Waals surface area contributed by atoms with E-state index >= 15 is 0 Å². The number of hydrogen-bond donors (Lipinski definition) is 13. The molecule has 0 fully saturated rings. The molecule has 0 unspecified atom stereocenters. The Balaban J connectivity index is 2.31. The summed E-state index contributed by atoms with van der Waals surface area (Å²) < 4.78 is 12.0. The van der Waals surface area contributed by atoms with E-state index in [2.05, 4.69) is 57.2 Å². The number of nitrogens with two attached hydrogens (primary N) is 3. The van der Waals surface area contributed by atoms with Crippen molar-refractivity contribution >= 4 is 61.2 Å². The number of carbonyl (C=O) groups is 4. The second-order valence-electron chi connectivity index (χ2n) is 13.6. The SMILES string of the molecule is N=CNCCCC[C@H](N)C(=O)NCCCCCC(=O)NCCOc1cc(CS)c(CS)cc1OCCNC(=O)[C@@H](N)CCCCNC(=O)CCCCCNC(=N)N. The van der Waals surface area contributed by atoms with Gasteiger partial charge in [-0.15, -0.1) is 0 Å². The third-order valence-corrected chi connectivity index (χ3v) is 9.53. The molecule has 1 rings (SSSR count). The zero-order valence-corrected chi connectivity index (χ0v) is 35.2. The standard InChI is InChI=1S/C38H69N11O6S2/c39-27-44-15-9-5-11-30(40)36(52)47-17-7-1-3-14-35(51)46-19-21-54-32-23-28(25-56)29(26-57)24-33(32)55-22-20-48-37(53)31(41)12-6-10-16-45-34(50)13-4-2-8-18-49-38(42)43/h23-24,27,30-31,56-57H,1-22,25-26,40-41H2,(H2,39,44)(H,45,50)(H,46,51)(H,47,52)(H,48,53)(H4,42,43,49)/t30-,31-/m0/s1. The highest BCUT2D eigenvalue weighted by Gasteiger charge is 2.15. The molecule has 57 heavy (non-hydrogen) atoms. The number of nitrogens with one attached hydrogen (secondary N) is 8. The van der Waals surface area contributed by atoms with Gasteiger partial charge in [0.1, 0.15) is 13.2 Å². The molecule has 0 saturated heterocycles. The minimum absolute atomic E-state index is 0.00293. The van der Waals surface area contributed by atoms with E-state index in [1.165, 1.54) is 0 Å². The van der Waals surface area contributed by atoms with Crippen LogP contribution in [0, 0.1) is 10.8 Å². The number of guanidine groups is 1. The molecule has 324 valence electrons. The van der Waals surface area contributed by atoms with Crippen LogP contribution in [-0.2, 0) is 30.7 Å². The molecule has 17 nitrogen and oxygen atoms in total. The lowest BCUT2D eigenvalue weighted by molar-refractivity contribution is -0.123. The van der Waals surface area contributed by atoms with E-state index in [1.807, 2.05) is 12.1 Å². The Morgan fingerprint density at radius 1 is 0.614 bits per heavy atom. The Bertz CT molecular complexity index is 1340. The molecule has 0 spiro atoms. The first-order chi connectivity index (χ1) is 27.5. The van der Waals surface area contributed by atoms with Crippen LogP contribution in [0.4, 0.5) is 0 Å². The lowest BCUT2D eigenvalue weighted by Crippen LogP contribution is -2.42. The predicted molar refractivity (Wildman–Crippen MR) is 232 cm³/mol. The molecule has 14 N–H and O–H groups in total. The summed E-state index contributed by atoms with van der Waals surface area (Å²) in [7, 11) is 0. The largest absolute Gasteiger partial charge is 0.488 e. The topological polar surface area (TPSA) is 285 Å². The molecule has 19 heteroatoms. The Morgan fingerprint density at radius 2 is 1.04 bits per heavy atom. The fourth-order valence-corrected chi connectivity index (χ4v) is 6.13. The zero-order valence-electron chi connectivity index (χ0n) is 33.4. The average molecular weight is 840 g/mol. The molecular formula is C38H69N11O6S2. The number of carbonyl (C=O) groups excluding carboxylic acids is 4. The second kappa shape index (κ2) is 33.1. The van der Waals surface area contributed by atoms with Crippen molar-refractivity contribution in [2.45, 2.75) is 113 Å². The van der Waals surface area contributed by atoms with Gasteiger partial charge in [-0.1, -0.05) is 12.8 Å². The van der Waals surface area contributed by atoms with Gasteiger partial charge in [0.05, 0.1) is 31.5 Å². The van der Waals surface area contributed by atoms with Gasteiger partial charge in [0.2, 0.25) is 23.6 Å². The van der Waals surface area contributed by atoms with Crippen molar-refractivity contribution in [3.8, 4) is 11.5 Å². The number of benzene rings is 1. The van der Waals surface area contributed by atoms with E-state index in [0.29, 0.717) is 101 Å². The first-order valence-electron chi connectivity index (χ1n) is 20.1. The van der Waals surface area contributed by atoms with Crippen LogP contribution in [0.3, 0.4) is 0 Å². The highest BCUT2D eigenvalue weighted by molar-refractivity contribution is 7.79. The molecule has 4 amide bonds. The van der Waals surface area contributed by atoms with Crippen molar-refractivity contribution in [2.24, 2.45) is 17.2 Å². The molecule has 0 aromatic heterocycles. The smallest absolute Gasteiger partial charge is 0.237 e. The Hall–Kier alpha value is -3.94. The molecular weight excluding hydrogens is 771 g/mol. The summed E-state index contributed by atoms with van der Waals surface area (Å²) in [6.07, 6.45) is 10.8. The van der Waals surface area contributed by atoms with Crippen molar-refractivity contribution in [2.75, 3.05) is 52.5 Å². The predicted octanol–water partition coefficient (Wildman–Crippen LogP) is 1.56. The third-order valence-electron chi connectivity index (χ3n) is 8.85. The maximum Gasteiger partial charge on any atom is 0.237 e. The molecule has 2 atom stereocenters. The number of ether oxygens (including phenoxy) is 2. The third kappa shape index (κ3) is 25.8. The van der Waals surface area contributed by atoms with Crippen molar-refractivity contribution in [3.05, 3.63) is 23.3 Å². The van der Waals surface area contributed by atoms with Gasteiger partial charge in [-0.2, -0.15) is 25.3 Å².